The zero-order valence-corrected chi connectivity index (χ0v) is 12.6. The fourth-order valence-corrected chi connectivity index (χ4v) is 2.40. The second kappa shape index (κ2) is 6.64. The lowest BCUT2D eigenvalue weighted by Crippen LogP contribution is -2.07. The number of rotatable bonds is 4. The Balaban J connectivity index is 2.63. The molecule has 2 aromatic carbocycles. The summed E-state index contributed by atoms with van der Waals surface area (Å²) in [4.78, 5) is 22.8. The van der Waals surface area contributed by atoms with Gasteiger partial charge in [0.15, 0.2) is 0 Å². The average Bonchev–Trinajstić information content (AvgIpc) is 2.46. The van der Waals surface area contributed by atoms with Gasteiger partial charge in [0.25, 0.3) is 0 Å². The molecule has 0 aliphatic heterocycles. The van der Waals surface area contributed by atoms with Crippen molar-refractivity contribution in [1.29, 1.82) is 0 Å². The average molecular weight is 337 g/mol. The summed E-state index contributed by atoms with van der Waals surface area (Å²) in [5, 5.41) is 19.3. The third-order valence-corrected chi connectivity index (χ3v) is 3.50. The molecule has 0 saturated carbocycles. The number of aromatic carboxylic acids is 1. The lowest BCUT2D eigenvalue weighted by atomic mass is 9.97. The maximum Gasteiger partial charge on any atom is 0.336 e. The molecule has 0 radical (unpaired) electrons. The van der Waals surface area contributed by atoms with E-state index in [1.807, 2.05) is 0 Å². The van der Waals surface area contributed by atoms with Crippen molar-refractivity contribution >= 4 is 46.8 Å². The molecule has 0 atom stereocenters. The van der Waals surface area contributed by atoms with Gasteiger partial charge in [0.05, 0.1) is 11.1 Å². The van der Waals surface area contributed by atoms with Crippen LogP contribution >= 0.6 is 23.2 Å². The van der Waals surface area contributed by atoms with Crippen LogP contribution in [0.25, 0.3) is 11.6 Å². The number of hydrogen-bond acceptors (Lipinski definition) is 2. The van der Waals surface area contributed by atoms with Crippen LogP contribution in [0.1, 0.15) is 21.5 Å². The Bertz CT molecular complexity index is 781. The van der Waals surface area contributed by atoms with Crippen molar-refractivity contribution in [2.75, 3.05) is 0 Å². The molecular weight excluding hydrogens is 327 g/mol. The second-order valence-electron chi connectivity index (χ2n) is 4.38. The number of carboxylic acid groups (broad SMARTS) is 2. The van der Waals surface area contributed by atoms with E-state index in [0.29, 0.717) is 10.6 Å². The number of hydrogen-bond donors (Lipinski definition) is 2. The second-order valence-corrected chi connectivity index (χ2v) is 5.22. The molecule has 0 bridgehead atoms. The van der Waals surface area contributed by atoms with Gasteiger partial charge in [0.1, 0.15) is 0 Å². The van der Waals surface area contributed by atoms with Crippen LogP contribution in [0.5, 0.6) is 0 Å². The maximum absolute atomic E-state index is 11.5. The first kappa shape index (κ1) is 16.1. The van der Waals surface area contributed by atoms with Crippen molar-refractivity contribution in [3.63, 3.8) is 0 Å². The van der Waals surface area contributed by atoms with E-state index < -0.39 is 11.9 Å². The van der Waals surface area contributed by atoms with Crippen LogP contribution in [0, 0.1) is 0 Å². The number of carboxylic acids is 2. The molecular formula is C16H10Cl2O4. The van der Waals surface area contributed by atoms with Gasteiger partial charge in [-0.3, -0.25) is 0 Å². The van der Waals surface area contributed by atoms with E-state index >= 15 is 0 Å². The van der Waals surface area contributed by atoms with Crippen LogP contribution in [0.3, 0.4) is 0 Å². The monoisotopic (exact) mass is 336 g/mol. The van der Waals surface area contributed by atoms with Gasteiger partial charge in [-0.05, 0) is 29.8 Å². The lowest BCUT2D eigenvalue weighted by Gasteiger charge is -2.08. The summed E-state index contributed by atoms with van der Waals surface area (Å²) in [6.07, 6.45) is 1.32. The molecule has 112 valence electrons. The molecule has 4 nitrogen and oxygen atoms in total. The van der Waals surface area contributed by atoms with E-state index in [1.165, 1.54) is 30.3 Å². The Kier molecular flexibility index (Phi) is 4.85. The van der Waals surface area contributed by atoms with Crippen LogP contribution < -0.4 is 0 Å². The fraction of sp³-hybridized carbons (Fsp3) is 0. The molecule has 2 rings (SSSR count). The highest BCUT2D eigenvalue weighted by atomic mass is 35.5. The highest BCUT2D eigenvalue weighted by Crippen LogP contribution is 2.27. The number of aliphatic carboxylic acids is 1. The number of carbonyl (C=O) groups is 2. The minimum absolute atomic E-state index is 0.0961. The first-order chi connectivity index (χ1) is 10.4. The van der Waals surface area contributed by atoms with Crippen molar-refractivity contribution < 1.29 is 19.8 Å². The quantitative estimate of drug-likeness (QED) is 0.644. The summed E-state index contributed by atoms with van der Waals surface area (Å²) in [6, 6.07) is 10.5. The molecule has 2 N–H and O–H groups in total. The summed E-state index contributed by atoms with van der Waals surface area (Å²) >= 11 is 11.8. The number of benzene rings is 2. The first-order valence-corrected chi connectivity index (χ1v) is 6.88. The Hall–Kier alpha value is -2.30. The van der Waals surface area contributed by atoms with Crippen molar-refractivity contribution in [1.82, 2.24) is 0 Å². The standard InChI is InChI=1S/C16H10Cl2O4/c17-10-6-5-9(14(18)8-10)7-13(16(21)22)11-3-1-2-4-12(11)15(19)20/h1-8H,(H,19,20)(H,21,22)/b13-7+. The predicted molar refractivity (Wildman–Crippen MR) is 85.4 cm³/mol. The molecule has 0 saturated heterocycles. The predicted octanol–water partition coefficient (Wildman–Crippen LogP) is 4.32. The van der Waals surface area contributed by atoms with Gasteiger partial charge in [-0.25, -0.2) is 9.59 Å². The molecule has 0 fully saturated rings. The van der Waals surface area contributed by atoms with Crippen LogP contribution in [0.2, 0.25) is 10.0 Å². The van der Waals surface area contributed by atoms with Gasteiger partial charge in [-0.2, -0.15) is 0 Å². The zero-order valence-electron chi connectivity index (χ0n) is 11.1. The smallest absolute Gasteiger partial charge is 0.336 e. The van der Waals surface area contributed by atoms with Crippen molar-refractivity contribution in [2.24, 2.45) is 0 Å². The summed E-state index contributed by atoms with van der Waals surface area (Å²) in [7, 11) is 0. The molecule has 0 aromatic heterocycles. The molecule has 0 spiro atoms. The Morgan fingerprint density at radius 3 is 2.14 bits per heavy atom. The fourth-order valence-electron chi connectivity index (χ4n) is 1.93. The Morgan fingerprint density at radius 2 is 1.59 bits per heavy atom. The molecule has 2 aromatic rings. The maximum atomic E-state index is 11.5. The summed E-state index contributed by atoms with van der Waals surface area (Å²) in [6.45, 7) is 0. The topological polar surface area (TPSA) is 74.6 Å². The van der Waals surface area contributed by atoms with Gasteiger partial charge in [-0.15, -0.1) is 0 Å². The Labute approximate surface area is 136 Å². The van der Waals surface area contributed by atoms with Gasteiger partial charge in [0.2, 0.25) is 0 Å². The van der Waals surface area contributed by atoms with Gasteiger partial charge in [-0.1, -0.05) is 47.5 Å². The van der Waals surface area contributed by atoms with Crippen LogP contribution in [-0.4, -0.2) is 22.2 Å². The highest BCUT2D eigenvalue weighted by Gasteiger charge is 2.18. The van der Waals surface area contributed by atoms with E-state index in [9.17, 15) is 19.8 Å². The molecule has 0 heterocycles. The minimum atomic E-state index is -1.25. The summed E-state index contributed by atoms with van der Waals surface area (Å²) in [5.74, 6) is -2.45. The molecule has 0 amide bonds. The molecule has 0 aliphatic carbocycles. The molecule has 0 unspecified atom stereocenters. The third kappa shape index (κ3) is 3.47. The van der Waals surface area contributed by atoms with Crippen molar-refractivity contribution in [2.45, 2.75) is 0 Å². The van der Waals surface area contributed by atoms with Crippen molar-refractivity contribution in [3.05, 3.63) is 69.2 Å². The van der Waals surface area contributed by atoms with E-state index in [4.69, 9.17) is 23.2 Å². The lowest BCUT2D eigenvalue weighted by molar-refractivity contribution is -0.130. The highest BCUT2D eigenvalue weighted by molar-refractivity contribution is 6.36. The van der Waals surface area contributed by atoms with Gasteiger partial charge >= 0.3 is 11.9 Å². The van der Waals surface area contributed by atoms with Crippen LogP contribution in [0.15, 0.2) is 42.5 Å². The van der Waals surface area contributed by atoms with E-state index in [1.54, 1.807) is 18.2 Å². The van der Waals surface area contributed by atoms with Crippen molar-refractivity contribution in [3.8, 4) is 0 Å². The minimum Gasteiger partial charge on any atom is -0.478 e. The first-order valence-electron chi connectivity index (χ1n) is 6.13. The van der Waals surface area contributed by atoms with Gasteiger partial charge in [0, 0.05) is 15.6 Å². The normalized spacial score (nSPS) is 11.3. The molecule has 6 heteroatoms. The summed E-state index contributed by atoms with van der Waals surface area (Å²) in [5.41, 5.74) is 0.278. The van der Waals surface area contributed by atoms with E-state index in [-0.39, 0.29) is 21.7 Å². The van der Waals surface area contributed by atoms with Crippen LogP contribution in [0.4, 0.5) is 0 Å². The Morgan fingerprint density at radius 1 is 0.955 bits per heavy atom. The van der Waals surface area contributed by atoms with E-state index in [0.717, 1.165) is 0 Å². The van der Waals surface area contributed by atoms with E-state index in [2.05, 4.69) is 0 Å². The zero-order chi connectivity index (χ0) is 16.3. The molecule has 22 heavy (non-hydrogen) atoms. The SMILES string of the molecule is O=C(O)/C(=C/c1ccc(Cl)cc1Cl)c1ccccc1C(=O)O. The summed E-state index contributed by atoms with van der Waals surface area (Å²) < 4.78 is 0. The van der Waals surface area contributed by atoms with Gasteiger partial charge < -0.3 is 10.2 Å². The third-order valence-electron chi connectivity index (χ3n) is 2.94. The van der Waals surface area contributed by atoms with Crippen LogP contribution in [-0.2, 0) is 4.79 Å². The molecule has 0 aliphatic rings. The number of halogens is 2. The largest absolute Gasteiger partial charge is 0.478 e.